The Morgan fingerprint density at radius 2 is 1.96 bits per heavy atom. The average molecular weight is 314 g/mol. The molecule has 2 aliphatic carbocycles. The minimum absolute atomic E-state index is 0.0180. The van der Waals surface area contributed by atoms with Crippen LogP contribution in [0.2, 0.25) is 0 Å². The Bertz CT molecular complexity index is 565. The van der Waals surface area contributed by atoms with Crippen molar-refractivity contribution in [1.82, 2.24) is 4.98 Å². The number of rotatable bonds is 3. The van der Waals surface area contributed by atoms with Gasteiger partial charge in [-0.1, -0.05) is 0 Å². The molecule has 1 aromatic heterocycles. The quantitative estimate of drug-likeness (QED) is 0.898. The molecule has 23 heavy (non-hydrogen) atoms. The first-order chi connectivity index (χ1) is 11.2. The van der Waals surface area contributed by atoms with Crippen LogP contribution in [0.4, 0.5) is 11.5 Å². The van der Waals surface area contributed by atoms with Crippen molar-refractivity contribution in [3.05, 3.63) is 18.3 Å². The predicted molar refractivity (Wildman–Crippen MR) is 91.2 cm³/mol. The van der Waals surface area contributed by atoms with Crippen molar-refractivity contribution in [3.8, 4) is 0 Å². The third-order valence-electron chi connectivity index (χ3n) is 5.98. The molecule has 2 bridgehead atoms. The second kappa shape index (κ2) is 6.11. The van der Waals surface area contributed by atoms with Crippen molar-refractivity contribution in [1.29, 1.82) is 0 Å². The highest BCUT2D eigenvalue weighted by atomic mass is 16.2. The summed E-state index contributed by atoms with van der Waals surface area (Å²) >= 11 is 0. The molecule has 124 valence electrons. The van der Waals surface area contributed by atoms with E-state index >= 15 is 0 Å². The molecule has 2 saturated carbocycles. The Morgan fingerprint density at radius 3 is 2.61 bits per heavy atom. The fourth-order valence-electron chi connectivity index (χ4n) is 4.72. The van der Waals surface area contributed by atoms with E-state index in [1.807, 2.05) is 12.1 Å². The molecule has 0 spiro atoms. The third-order valence-corrected chi connectivity index (χ3v) is 5.98. The Hall–Kier alpha value is -1.62. The van der Waals surface area contributed by atoms with E-state index in [4.69, 9.17) is 5.73 Å². The molecule has 1 saturated heterocycles. The highest BCUT2D eigenvalue weighted by Gasteiger charge is 2.49. The molecule has 3 N–H and O–H groups in total. The summed E-state index contributed by atoms with van der Waals surface area (Å²) in [5.41, 5.74) is 7.04. The van der Waals surface area contributed by atoms with E-state index in [-0.39, 0.29) is 17.9 Å². The topological polar surface area (TPSA) is 71.2 Å². The van der Waals surface area contributed by atoms with E-state index in [1.165, 1.54) is 25.7 Å². The minimum atomic E-state index is -0.0180. The van der Waals surface area contributed by atoms with Crippen LogP contribution < -0.4 is 16.0 Å². The number of anilines is 2. The number of pyridine rings is 1. The molecular formula is C18H26N4O. The van der Waals surface area contributed by atoms with Crippen LogP contribution in [0.1, 0.15) is 38.5 Å². The van der Waals surface area contributed by atoms with Crippen LogP contribution in [-0.4, -0.2) is 30.0 Å². The second-order valence-electron chi connectivity index (χ2n) is 7.38. The number of piperidine rings is 1. The number of aromatic nitrogens is 1. The third kappa shape index (κ3) is 2.82. The molecule has 4 unspecified atom stereocenters. The lowest BCUT2D eigenvalue weighted by Crippen LogP contribution is -2.42. The minimum Gasteiger partial charge on any atom is -0.357 e. The number of fused-ring (bicyclic) bond motifs is 2. The van der Waals surface area contributed by atoms with Crippen molar-refractivity contribution in [2.24, 2.45) is 23.5 Å². The Kier molecular flexibility index (Phi) is 3.97. The highest BCUT2D eigenvalue weighted by Crippen LogP contribution is 2.47. The molecule has 1 aromatic rings. The van der Waals surface area contributed by atoms with Crippen LogP contribution in [0.3, 0.4) is 0 Å². The van der Waals surface area contributed by atoms with E-state index in [9.17, 15) is 4.79 Å². The normalized spacial score (nSPS) is 33.0. The van der Waals surface area contributed by atoms with Gasteiger partial charge < -0.3 is 16.0 Å². The van der Waals surface area contributed by atoms with Gasteiger partial charge in [0.15, 0.2) is 0 Å². The van der Waals surface area contributed by atoms with Gasteiger partial charge in [-0.3, -0.25) is 4.79 Å². The molecule has 3 aliphatic rings. The van der Waals surface area contributed by atoms with Crippen LogP contribution in [0.25, 0.3) is 0 Å². The van der Waals surface area contributed by atoms with Gasteiger partial charge in [0, 0.05) is 19.1 Å². The summed E-state index contributed by atoms with van der Waals surface area (Å²) in [6, 6.07) is 4.02. The first kappa shape index (κ1) is 14.9. The maximum atomic E-state index is 12.6. The number of hydrogen-bond acceptors (Lipinski definition) is 4. The molecule has 0 aromatic carbocycles. The summed E-state index contributed by atoms with van der Waals surface area (Å²) in [4.78, 5) is 19.4. The Labute approximate surface area is 137 Å². The van der Waals surface area contributed by atoms with Gasteiger partial charge in [-0.05, 0) is 62.5 Å². The maximum Gasteiger partial charge on any atom is 0.229 e. The maximum absolute atomic E-state index is 12.6. The SMILES string of the molecule is NC1C2CCC(C2)C1C(=O)Nc1ccc(N2CCCCC2)nc1. The van der Waals surface area contributed by atoms with E-state index in [2.05, 4.69) is 15.2 Å². The molecule has 1 aliphatic heterocycles. The van der Waals surface area contributed by atoms with Gasteiger partial charge in [0.2, 0.25) is 5.91 Å². The van der Waals surface area contributed by atoms with Crippen molar-refractivity contribution in [2.75, 3.05) is 23.3 Å². The molecule has 4 atom stereocenters. The Morgan fingerprint density at radius 1 is 1.17 bits per heavy atom. The lowest BCUT2D eigenvalue weighted by atomic mass is 9.84. The van der Waals surface area contributed by atoms with Crippen LogP contribution in [0.15, 0.2) is 18.3 Å². The van der Waals surface area contributed by atoms with Crippen molar-refractivity contribution < 1.29 is 4.79 Å². The largest absolute Gasteiger partial charge is 0.357 e. The summed E-state index contributed by atoms with van der Waals surface area (Å²) in [6.45, 7) is 2.16. The van der Waals surface area contributed by atoms with Gasteiger partial charge in [-0.25, -0.2) is 4.98 Å². The van der Waals surface area contributed by atoms with Gasteiger partial charge in [0.1, 0.15) is 5.82 Å². The van der Waals surface area contributed by atoms with Gasteiger partial charge >= 0.3 is 0 Å². The molecular weight excluding hydrogens is 288 g/mol. The molecule has 2 heterocycles. The predicted octanol–water partition coefficient (Wildman–Crippen LogP) is 2.38. The highest BCUT2D eigenvalue weighted by molar-refractivity contribution is 5.93. The smallest absolute Gasteiger partial charge is 0.229 e. The van der Waals surface area contributed by atoms with Gasteiger partial charge in [-0.2, -0.15) is 0 Å². The first-order valence-electron chi connectivity index (χ1n) is 9.00. The second-order valence-corrected chi connectivity index (χ2v) is 7.38. The van der Waals surface area contributed by atoms with Gasteiger partial charge in [0.25, 0.3) is 0 Å². The fraction of sp³-hybridized carbons (Fsp3) is 0.667. The van der Waals surface area contributed by atoms with E-state index in [1.54, 1.807) is 6.20 Å². The standard InChI is InChI=1S/C18H26N4O/c19-17-13-5-4-12(10-13)16(17)18(23)21-14-6-7-15(20-11-14)22-8-2-1-3-9-22/h6-7,11-13,16-17H,1-5,8-10,19H2,(H,21,23). The van der Waals surface area contributed by atoms with Crippen LogP contribution in [0, 0.1) is 17.8 Å². The van der Waals surface area contributed by atoms with Crippen LogP contribution in [0.5, 0.6) is 0 Å². The number of nitrogens with one attached hydrogen (secondary N) is 1. The lowest BCUT2D eigenvalue weighted by molar-refractivity contribution is -0.121. The van der Waals surface area contributed by atoms with Crippen LogP contribution >= 0.6 is 0 Å². The van der Waals surface area contributed by atoms with Crippen molar-refractivity contribution >= 4 is 17.4 Å². The number of hydrogen-bond donors (Lipinski definition) is 2. The lowest BCUT2D eigenvalue weighted by Gasteiger charge is -2.28. The molecule has 3 fully saturated rings. The van der Waals surface area contributed by atoms with Gasteiger partial charge in [-0.15, -0.1) is 0 Å². The average Bonchev–Trinajstić information content (AvgIpc) is 3.17. The van der Waals surface area contributed by atoms with E-state index in [0.29, 0.717) is 11.8 Å². The zero-order valence-corrected chi connectivity index (χ0v) is 13.6. The molecule has 0 radical (unpaired) electrons. The van der Waals surface area contributed by atoms with E-state index < -0.39 is 0 Å². The molecule has 4 rings (SSSR count). The van der Waals surface area contributed by atoms with Crippen molar-refractivity contribution in [3.63, 3.8) is 0 Å². The number of nitrogens with two attached hydrogens (primary N) is 1. The monoisotopic (exact) mass is 314 g/mol. The molecule has 5 heteroatoms. The summed E-state index contributed by atoms with van der Waals surface area (Å²) in [6.07, 6.45) is 9.05. The van der Waals surface area contributed by atoms with E-state index in [0.717, 1.165) is 37.4 Å². The molecule has 1 amide bonds. The summed E-state index contributed by atoms with van der Waals surface area (Å²) in [5, 5.41) is 3.03. The van der Waals surface area contributed by atoms with Gasteiger partial charge in [0.05, 0.1) is 17.8 Å². The number of nitrogens with zero attached hydrogens (tertiary/aromatic N) is 2. The Balaban J connectivity index is 1.40. The summed E-state index contributed by atoms with van der Waals surface area (Å²) < 4.78 is 0. The zero-order chi connectivity index (χ0) is 15.8. The number of amides is 1. The first-order valence-corrected chi connectivity index (χ1v) is 9.00. The number of carbonyl (C=O) groups excluding carboxylic acids is 1. The van der Waals surface area contributed by atoms with Crippen molar-refractivity contribution in [2.45, 2.75) is 44.6 Å². The zero-order valence-electron chi connectivity index (χ0n) is 13.6. The molecule has 5 nitrogen and oxygen atoms in total. The summed E-state index contributed by atoms with van der Waals surface area (Å²) in [7, 11) is 0. The number of carbonyl (C=O) groups is 1. The van der Waals surface area contributed by atoms with Crippen LogP contribution in [-0.2, 0) is 4.79 Å². The fourth-order valence-corrected chi connectivity index (χ4v) is 4.72. The summed E-state index contributed by atoms with van der Waals surface area (Å²) in [5.74, 6) is 2.11.